The van der Waals surface area contributed by atoms with E-state index in [0.29, 0.717) is 6.54 Å². The van der Waals surface area contributed by atoms with Crippen LogP contribution >= 0.6 is 12.4 Å². The Labute approximate surface area is 110 Å². The fourth-order valence-corrected chi connectivity index (χ4v) is 1.64. The minimum Gasteiger partial charge on any atom is -0.491 e. The van der Waals surface area contributed by atoms with Gasteiger partial charge in [0.1, 0.15) is 5.75 Å². The molecule has 3 nitrogen and oxygen atoms in total. The first-order valence-electron chi connectivity index (χ1n) is 5.86. The van der Waals surface area contributed by atoms with Gasteiger partial charge in [-0.1, -0.05) is 18.2 Å². The minimum absolute atomic E-state index is 0. The van der Waals surface area contributed by atoms with Gasteiger partial charge in [0.05, 0.1) is 6.10 Å². The Hall–Kier alpha value is -0.770. The van der Waals surface area contributed by atoms with E-state index in [4.69, 9.17) is 16.2 Å². The lowest BCUT2D eigenvalue weighted by Gasteiger charge is -2.18. The van der Waals surface area contributed by atoms with Crippen molar-refractivity contribution in [1.82, 2.24) is 0 Å². The molecule has 0 amide bonds. The normalized spacial score (nSPS) is 12.1. The highest BCUT2D eigenvalue weighted by atomic mass is 35.5. The summed E-state index contributed by atoms with van der Waals surface area (Å²) in [5.41, 5.74) is 12.7. The van der Waals surface area contributed by atoms with E-state index in [-0.39, 0.29) is 24.6 Å². The number of benzene rings is 1. The number of para-hydroxylation sites is 1. The van der Waals surface area contributed by atoms with Gasteiger partial charge in [-0.3, -0.25) is 0 Å². The van der Waals surface area contributed by atoms with Crippen molar-refractivity contribution in [3.05, 3.63) is 29.8 Å². The standard InChI is InChI=1S/C13H22N2O.ClH/c1-10(2)16-13-8-4-3-6-11(13)12(15)7-5-9-14;/h3-4,6,8,10,12H,5,7,9,14-15H2,1-2H3;1H/t12-;/m1./s1. The summed E-state index contributed by atoms with van der Waals surface area (Å²) in [5, 5.41) is 0. The lowest BCUT2D eigenvalue weighted by molar-refractivity contribution is 0.238. The summed E-state index contributed by atoms with van der Waals surface area (Å²) in [6.07, 6.45) is 2.01. The van der Waals surface area contributed by atoms with E-state index in [0.717, 1.165) is 24.2 Å². The highest BCUT2D eigenvalue weighted by molar-refractivity contribution is 5.85. The molecule has 0 radical (unpaired) electrons. The van der Waals surface area contributed by atoms with E-state index in [2.05, 4.69) is 0 Å². The molecule has 0 aliphatic heterocycles. The zero-order valence-electron chi connectivity index (χ0n) is 10.6. The van der Waals surface area contributed by atoms with Gasteiger partial charge >= 0.3 is 0 Å². The Bertz CT molecular complexity index is 318. The summed E-state index contributed by atoms with van der Waals surface area (Å²) in [7, 11) is 0. The molecular formula is C13H23ClN2O. The van der Waals surface area contributed by atoms with Crippen LogP contribution in [0.15, 0.2) is 24.3 Å². The van der Waals surface area contributed by atoms with Crippen molar-refractivity contribution in [2.24, 2.45) is 11.5 Å². The molecule has 4 heteroatoms. The molecule has 0 bridgehead atoms. The Kier molecular flexibility index (Phi) is 7.96. The molecule has 0 spiro atoms. The number of nitrogens with two attached hydrogens (primary N) is 2. The summed E-state index contributed by atoms with van der Waals surface area (Å²) in [5.74, 6) is 0.891. The maximum atomic E-state index is 6.12. The van der Waals surface area contributed by atoms with Gasteiger partial charge in [-0.15, -0.1) is 12.4 Å². The summed E-state index contributed by atoms with van der Waals surface area (Å²) >= 11 is 0. The van der Waals surface area contributed by atoms with Crippen LogP contribution in [-0.2, 0) is 0 Å². The first-order valence-corrected chi connectivity index (χ1v) is 5.86. The van der Waals surface area contributed by atoms with Crippen LogP contribution in [0.1, 0.15) is 38.3 Å². The maximum absolute atomic E-state index is 6.12. The summed E-state index contributed by atoms with van der Waals surface area (Å²) in [6.45, 7) is 4.71. The number of halogens is 1. The Morgan fingerprint density at radius 1 is 1.24 bits per heavy atom. The van der Waals surface area contributed by atoms with Gasteiger partial charge in [-0.2, -0.15) is 0 Å². The molecule has 0 saturated heterocycles. The third-order valence-corrected chi connectivity index (χ3v) is 2.40. The first-order chi connectivity index (χ1) is 7.65. The molecule has 1 rings (SSSR count). The molecule has 1 atom stereocenters. The van der Waals surface area contributed by atoms with Crippen LogP contribution in [0, 0.1) is 0 Å². The number of hydrogen-bond acceptors (Lipinski definition) is 3. The SMILES string of the molecule is CC(C)Oc1ccccc1[C@H](N)CCCN.Cl. The van der Waals surface area contributed by atoms with Gasteiger partial charge in [0.2, 0.25) is 0 Å². The first kappa shape index (κ1) is 16.2. The highest BCUT2D eigenvalue weighted by Crippen LogP contribution is 2.26. The van der Waals surface area contributed by atoms with E-state index in [1.165, 1.54) is 0 Å². The van der Waals surface area contributed by atoms with Gasteiger partial charge < -0.3 is 16.2 Å². The maximum Gasteiger partial charge on any atom is 0.124 e. The molecule has 1 aromatic carbocycles. The molecule has 0 fully saturated rings. The van der Waals surface area contributed by atoms with E-state index < -0.39 is 0 Å². The molecule has 4 N–H and O–H groups in total. The number of hydrogen-bond donors (Lipinski definition) is 2. The van der Waals surface area contributed by atoms with Gasteiger partial charge in [-0.05, 0) is 39.3 Å². The fraction of sp³-hybridized carbons (Fsp3) is 0.538. The zero-order chi connectivity index (χ0) is 12.0. The molecule has 0 aromatic heterocycles. The average Bonchev–Trinajstić information content (AvgIpc) is 2.26. The van der Waals surface area contributed by atoms with E-state index in [1.54, 1.807) is 0 Å². The predicted octanol–water partition coefficient (Wildman–Crippen LogP) is 2.63. The topological polar surface area (TPSA) is 61.3 Å². The molecule has 17 heavy (non-hydrogen) atoms. The van der Waals surface area contributed by atoms with Crippen LogP contribution in [-0.4, -0.2) is 12.6 Å². The summed E-state index contributed by atoms with van der Waals surface area (Å²) in [4.78, 5) is 0. The molecule has 0 unspecified atom stereocenters. The average molecular weight is 259 g/mol. The summed E-state index contributed by atoms with van der Waals surface area (Å²) in [6, 6.07) is 7.97. The van der Waals surface area contributed by atoms with Crippen LogP contribution in [0.4, 0.5) is 0 Å². The Balaban J connectivity index is 0.00000256. The monoisotopic (exact) mass is 258 g/mol. The van der Waals surface area contributed by atoms with Crippen LogP contribution < -0.4 is 16.2 Å². The second kappa shape index (κ2) is 8.34. The zero-order valence-corrected chi connectivity index (χ0v) is 11.4. The van der Waals surface area contributed by atoms with E-state index in [1.807, 2.05) is 38.1 Å². The molecule has 1 aromatic rings. The molecule has 0 saturated carbocycles. The second-order valence-electron chi connectivity index (χ2n) is 4.24. The van der Waals surface area contributed by atoms with Crippen molar-refractivity contribution in [2.75, 3.05) is 6.54 Å². The molecule has 0 aliphatic carbocycles. The van der Waals surface area contributed by atoms with Gasteiger partial charge in [0.15, 0.2) is 0 Å². The van der Waals surface area contributed by atoms with Gasteiger partial charge in [-0.25, -0.2) is 0 Å². The van der Waals surface area contributed by atoms with Crippen molar-refractivity contribution in [2.45, 2.75) is 38.8 Å². The Morgan fingerprint density at radius 2 is 1.88 bits per heavy atom. The van der Waals surface area contributed by atoms with Crippen LogP contribution in [0.25, 0.3) is 0 Å². The fourth-order valence-electron chi connectivity index (χ4n) is 1.64. The van der Waals surface area contributed by atoms with E-state index >= 15 is 0 Å². The van der Waals surface area contributed by atoms with Gasteiger partial charge in [0, 0.05) is 11.6 Å². The molecule has 98 valence electrons. The Morgan fingerprint density at radius 3 is 2.47 bits per heavy atom. The minimum atomic E-state index is 0. The van der Waals surface area contributed by atoms with Crippen LogP contribution in [0.5, 0.6) is 5.75 Å². The molecule has 0 heterocycles. The molecule has 0 aliphatic rings. The highest BCUT2D eigenvalue weighted by Gasteiger charge is 2.11. The number of rotatable bonds is 6. The summed E-state index contributed by atoms with van der Waals surface area (Å²) < 4.78 is 5.74. The van der Waals surface area contributed by atoms with Gasteiger partial charge in [0.25, 0.3) is 0 Å². The van der Waals surface area contributed by atoms with E-state index in [9.17, 15) is 0 Å². The van der Waals surface area contributed by atoms with Crippen molar-refractivity contribution in [3.8, 4) is 5.75 Å². The van der Waals surface area contributed by atoms with Crippen molar-refractivity contribution in [1.29, 1.82) is 0 Å². The second-order valence-corrected chi connectivity index (χ2v) is 4.24. The third kappa shape index (κ3) is 5.39. The van der Waals surface area contributed by atoms with Crippen molar-refractivity contribution >= 4 is 12.4 Å². The quantitative estimate of drug-likeness (QED) is 0.825. The molecular weight excluding hydrogens is 236 g/mol. The largest absolute Gasteiger partial charge is 0.491 e. The van der Waals surface area contributed by atoms with Crippen molar-refractivity contribution in [3.63, 3.8) is 0 Å². The lowest BCUT2D eigenvalue weighted by atomic mass is 10.0. The van der Waals surface area contributed by atoms with Crippen molar-refractivity contribution < 1.29 is 4.74 Å². The smallest absolute Gasteiger partial charge is 0.124 e. The van der Waals surface area contributed by atoms with Crippen LogP contribution in [0.3, 0.4) is 0 Å². The number of ether oxygens (including phenoxy) is 1. The van der Waals surface area contributed by atoms with Crippen LogP contribution in [0.2, 0.25) is 0 Å². The third-order valence-electron chi connectivity index (χ3n) is 2.40. The lowest BCUT2D eigenvalue weighted by Crippen LogP contribution is -2.15. The predicted molar refractivity (Wildman–Crippen MR) is 74.7 cm³/mol.